The monoisotopic (exact) mass is 296 g/mol. The van der Waals surface area contributed by atoms with Gasteiger partial charge >= 0.3 is 0 Å². The predicted molar refractivity (Wildman–Crippen MR) is 94.8 cm³/mol. The third kappa shape index (κ3) is 7.65. The zero-order valence-electron chi connectivity index (χ0n) is 15.6. The van der Waals surface area contributed by atoms with Gasteiger partial charge in [-0.25, -0.2) is 0 Å². The highest BCUT2D eigenvalue weighted by Crippen LogP contribution is 2.27. The van der Waals surface area contributed by atoms with Crippen LogP contribution in [-0.2, 0) is 0 Å². The topological polar surface area (TPSA) is 15.3 Å². The zero-order valence-corrected chi connectivity index (χ0v) is 15.6. The van der Waals surface area contributed by atoms with E-state index in [0.29, 0.717) is 5.41 Å². The minimum absolute atomic E-state index is 0.223. The van der Waals surface area contributed by atoms with Crippen LogP contribution in [-0.4, -0.2) is 36.6 Å². The molecule has 1 aliphatic rings. The van der Waals surface area contributed by atoms with Gasteiger partial charge in [0.2, 0.25) is 0 Å². The summed E-state index contributed by atoms with van der Waals surface area (Å²) in [6.45, 7) is 19.0. The number of nitrogens with zero attached hydrogens (tertiary/aromatic N) is 1. The number of rotatable bonds is 7. The summed E-state index contributed by atoms with van der Waals surface area (Å²) in [6.07, 6.45) is 8.22. The third-order valence-electron chi connectivity index (χ3n) is 5.02. The molecule has 2 heteroatoms. The van der Waals surface area contributed by atoms with E-state index in [2.05, 4.69) is 51.8 Å². The molecule has 0 spiro atoms. The summed E-state index contributed by atoms with van der Waals surface area (Å²) in [6, 6.07) is 0. The Morgan fingerprint density at radius 2 is 1.76 bits per heavy atom. The SMILES string of the molecule is CCCC(C)(CNC(C)(C)C)CN1CCCC(CC)CC1. The van der Waals surface area contributed by atoms with Gasteiger partial charge < -0.3 is 10.2 Å². The number of likely N-dealkylation sites (tertiary alicyclic amines) is 1. The fraction of sp³-hybridized carbons (Fsp3) is 1.00. The van der Waals surface area contributed by atoms with Crippen LogP contribution in [0.2, 0.25) is 0 Å². The van der Waals surface area contributed by atoms with Gasteiger partial charge in [0.15, 0.2) is 0 Å². The maximum atomic E-state index is 3.75. The normalized spacial score (nSPS) is 24.6. The summed E-state index contributed by atoms with van der Waals surface area (Å²) in [5, 5.41) is 3.75. The standard InChI is InChI=1S/C19H40N2/c1-7-12-19(6,15-20-18(3,4)5)16-21-13-9-10-17(8-2)11-14-21/h17,20H,7-16H2,1-6H3. The molecule has 1 saturated heterocycles. The maximum absolute atomic E-state index is 3.75. The van der Waals surface area contributed by atoms with Crippen LogP contribution in [0.4, 0.5) is 0 Å². The van der Waals surface area contributed by atoms with Crippen molar-refractivity contribution < 1.29 is 0 Å². The molecule has 1 rings (SSSR count). The van der Waals surface area contributed by atoms with Crippen molar-refractivity contribution in [1.29, 1.82) is 0 Å². The second-order valence-corrected chi connectivity index (χ2v) is 8.65. The fourth-order valence-corrected chi connectivity index (χ4v) is 3.64. The lowest BCUT2D eigenvalue weighted by Gasteiger charge is -2.37. The first-order valence-corrected chi connectivity index (χ1v) is 9.25. The van der Waals surface area contributed by atoms with Crippen LogP contribution >= 0.6 is 0 Å². The van der Waals surface area contributed by atoms with Gasteiger partial charge in [0.25, 0.3) is 0 Å². The molecule has 1 fully saturated rings. The van der Waals surface area contributed by atoms with Gasteiger partial charge in [0.05, 0.1) is 0 Å². The minimum Gasteiger partial charge on any atom is -0.311 e. The minimum atomic E-state index is 0.223. The Morgan fingerprint density at radius 3 is 2.33 bits per heavy atom. The molecule has 0 bridgehead atoms. The highest BCUT2D eigenvalue weighted by Gasteiger charge is 2.28. The van der Waals surface area contributed by atoms with Crippen molar-refractivity contribution in [3.8, 4) is 0 Å². The van der Waals surface area contributed by atoms with E-state index in [0.717, 1.165) is 12.5 Å². The molecule has 0 saturated carbocycles. The van der Waals surface area contributed by atoms with Crippen molar-refractivity contribution >= 4 is 0 Å². The van der Waals surface area contributed by atoms with E-state index in [1.165, 1.54) is 58.2 Å². The quantitative estimate of drug-likeness (QED) is 0.733. The van der Waals surface area contributed by atoms with Crippen LogP contribution in [0.5, 0.6) is 0 Å². The first-order valence-electron chi connectivity index (χ1n) is 9.25. The zero-order chi connectivity index (χ0) is 15.9. The van der Waals surface area contributed by atoms with Crippen LogP contribution in [0.1, 0.15) is 80.1 Å². The molecule has 2 atom stereocenters. The fourth-order valence-electron chi connectivity index (χ4n) is 3.64. The van der Waals surface area contributed by atoms with Crippen molar-refractivity contribution in [3.05, 3.63) is 0 Å². The molecule has 0 radical (unpaired) electrons. The van der Waals surface area contributed by atoms with Gasteiger partial charge in [0.1, 0.15) is 0 Å². The first-order chi connectivity index (χ1) is 9.78. The smallest absolute Gasteiger partial charge is 0.00967 e. The van der Waals surface area contributed by atoms with E-state index in [4.69, 9.17) is 0 Å². The average molecular weight is 297 g/mol. The van der Waals surface area contributed by atoms with E-state index < -0.39 is 0 Å². The lowest BCUT2D eigenvalue weighted by molar-refractivity contribution is 0.142. The van der Waals surface area contributed by atoms with Crippen molar-refractivity contribution in [2.75, 3.05) is 26.2 Å². The molecule has 0 aromatic heterocycles. The van der Waals surface area contributed by atoms with Gasteiger partial charge in [-0.3, -0.25) is 0 Å². The van der Waals surface area contributed by atoms with E-state index in [1.807, 2.05) is 0 Å². The summed E-state index contributed by atoms with van der Waals surface area (Å²) >= 11 is 0. The highest BCUT2D eigenvalue weighted by atomic mass is 15.1. The Hall–Kier alpha value is -0.0800. The summed E-state index contributed by atoms with van der Waals surface area (Å²) in [5.41, 5.74) is 0.634. The second kappa shape index (κ2) is 8.53. The van der Waals surface area contributed by atoms with E-state index >= 15 is 0 Å². The van der Waals surface area contributed by atoms with E-state index in [9.17, 15) is 0 Å². The van der Waals surface area contributed by atoms with Gasteiger partial charge in [-0.1, -0.05) is 33.6 Å². The van der Waals surface area contributed by atoms with Crippen molar-refractivity contribution in [2.45, 2.75) is 85.6 Å². The molecule has 2 unspecified atom stereocenters. The lowest BCUT2D eigenvalue weighted by atomic mass is 9.84. The Labute approximate surface area is 134 Å². The Bertz CT molecular complexity index is 282. The number of nitrogens with one attached hydrogen (secondary N) is 1. The molecule has 126 valence electrons. The molecule has 0 aromatic rings. The maximum Gasteiger partial charge on any atom is 0.00967 e. The van der Waals surface area contributed by atoms with E-state index in [1.54, 1.807) is 0 Å². The molecular formula is C19H40N2. The average Bonchev–Trinajstić information content (AvgIpc) is 2.61. The Kier molecular flexibility index (Phi) is 7.70. The Balaban J connectivity index is 2.55. The number of hydrogen-bond donors (Lipinski definition) is 1. The van der Waals surface area contributed by atoms with Crippen molar-refractivity contribution in [3.63, 3.8) is 0 Å². The van der Waals surface area contributed by atoms with Gasteiger partial charge in [0, 0.05) is 18.6 Å². The summed E-state index contributed by atoms with van der Waals surface area (Å²) in [5.74, 6) is 0.972. The van der Waals surface area contributed by atoms with E-state index in [-0.39, 0.29) is 5.54 Å². The van der Waals surface area contributed by atoms with Crippen LogP contribution in [0.25, 0.3) is 0 Å². The molecule has 1 N–H and O–H groups in total. The van der Waals surface area contributed by atoms with Crippen LogP contribution in [0.3, 0.4) is 0 Å². The largest absolute Gasteiger partial charge is 0.311 e. The molecule has 0 amide bonds. The lowest BCUT2D eigenvalue weighted by Crippen LogP contribution is -2.47. The summed E-state index contributed by atoms with van der Waals surface area (Å²) in [7, 11) is 0. The van der Waals surface area contributed by atoms with Gasteiger partial charge in [-0.15, -0.1) is 0 Å². The van der Waals surface area contributed by atoms with Crippen LogP contribution in [0, 0.1) is 11.3 Å². The molecule has 1 heterocycles. The molecule has 1 aliphatic heterocycles. The van der Waals surface area contributed by atoms with Gasteiger partial charge in [-0.05, 0) is 70.9 Å². The Morgan fingerprint density at radius 1 is 1.05 bits per heavy atom. The van der Waals surface area contributed by atoms with Crippen LogP contribution < -0.4 is 5.32 Å². The molecule has 0 aliphatic carbocycles. The molecule has 2 nitrogen and oxygen atoms in total. The molecular weight excluding hydrogens is 256 g/mol. The molecule has 21 heavy (non-hydrogen) atoms. The molecule has 0 aromatic carbocycles. The van der Waals surface area contributed by atoms with Crippen molar-refractivity contribution in [1.82, 2.24) is 10.2 Å². The summed E-state index contributed by atoms with van der Waals surface area (Å²) in [4.78, 5) is 2.75. The van der Waals surface area contributed by atoms with Crippen LogP contribution in [0.15, 0.2) is 0 Å². The first kappa shape index (κ1) is 19.0. The second-order valence-electron chi connectivity index (χ2n) is 8.65. The number of hydrogen-bond acceptors (Lipinski definition) is 2. The highest BCUT2D eigenvalue weighted by molar-refractivity contribution is 4.85. The predicted octanol–water partition coefficient (Wildman–Crippen LogP) is 4.69. The summed E-state index contributed by atoms with van der Waals surface area (Å²) < 4.78 is 0. The third-order valence-corrected chi connectivity index (χ3v) is 5.02. The van der Waals surface area contributed by atoms with Crippen molar-refractivity contribution in [2.24, 2.45) is 11.3 Å². The van der Waals surface area contributed by atoms with Gasteiger partial charge in [-0.2, -0.15) is 0 Å².